The van der Waals surface area contributed by atoms with Gasteiger partial charge in [0.05, 0.1) is 0 Å². The topological polar surface area (TPSA) is 38.0 Å². The molecule has 2 rings (SSSR count). The first-order chi connectivity index (χ1) is 8.58. The first-order valence-corrected chi connectivity index (χ1v) is 6.86. The molecule has 1 aliphatic carbocycles. The zero-order valence-electron chi connectivity index (χ0n) is 11.9. The summed E-state index contributed by atoms with van der Waals surface area (Å²) in [6.45, 7) is 2.01. The summed E-state index contributed by atoms with van der Waals surface area (Å²) >= 11 is 0. The van der Waals surface area contributed by atoms with E-state index in [-0.39, 0.29) is 24.8 Å². The first kappa shape index (κ1) is 19.5. The molecule has 2 nitrogen and oxygen atoms in total. The van der Waals surface area contributed by atoms with Gasteiger partial charge in [-0.2, -0.15) is 0 Å². The van der Waals surface area contributed by atoms with Crippen molar-refractivity contribution in [1.82, 2.24) is 5.32 Å². The van der Waals surface area contributed by atoms with E-state index in [2.05, 4.69) is 5.32 Å². The molecule has 0 heterocycles. The predicted molar refractivity (Wildman–Crippen MR) is 88.7 cm³/mol. The van der Waals surface area contributed by atoms with Crippen LogP contribution in [0.4, 0.5) is 10.1 Å². The zero-order chi connectivity index (χ0) is 13.0. The van der Waals surface area contributed by atoms with Crippen LogP contribution in [0.2, 0.25) is 0 Å². The lowest BCUT2D eigenvalue weighted by Crippen LogP contribution is -2.39. The number of nitrogens with two attached hydrogens (primary N) is 1. The molecule has 0 spiro atoms. The van der Waals surface area contributed by atoms with Crippen LogP contribution < -0.4 is 11.1 Å². The van der Waals surface area contributed by atoms with Gasteiger partial charge in [-0.15, -0.1) is 24.8 Å². The van der Waals surface area contributed by atoms with Gasteiger partial charge in [-0.1, -0.05) is 31.4 Å². The molecule has 1 saturated carbocycles. The molecule has 0 saturated heterocycles. The average molecular weight is 323 g/mol. The SMILES string of the molecule is CC(F)(CNC1CCCCC1)c1ccc(N)cc1.Cl.Cl. The fraction of sp³-hybridized carbons (Fsp3) is 0.600. The molecule has 5 heteroatoms. The quantitative estimate of drug-likeness (QED) is 0.814. The summed E-state index contributed by atoms with van der Waals surface area (Å²) in [7, 11) is 0. The van der Waals surface area contributed by atoms with Gasteiger partial charge in [-0.25, -0.2) is 4.39 Å². The number of benzene rings is 1. The maximum absolute atomic E-state index is 14.6. The summed E-state index contributed by atoms with van der Waals surface area (Å²) in [6.07, 6.45) is 6.21. The molecule has 1 atom stereocenters. The van der Waals surface area contributed by atoms with Crippen LogP contribution in [0.3, 0.4) is 0 Å². The smallest absolute Gasteiger partial charge is 0.145 e. The molecule has 1 unspecified atom stereocenters. The Hall–Kier alpha value is -0.510. The number of rotatable bonds is 4. The molecule has 0 radical (unpaired) electrons. The van der Waals surface area contributed by atoms with Gasteiger partial charge in [-0.05, 0) is 37.5 Å². The van der Waals surface area contributed by atoms with Crippen LogP contribution in [-0.4, -0.2) is 12.6 Å². The summed E-state index contributed by atoms with van der Waals surface area (Å²) in [5.74, 6) is 0. The van der Waals surface area contributed by atoms with Crippen molar-refractivity contribution in [2.24, 2.45) is 0 Å². The van der Waals surface area contributed by atoms with Crippen LogP contribution in [0.1, 0.15) is 44.6 Å². The Bertz CT molecular complexity index is 376. The number of nitrogens with one attached hydrogen (secondary N) is 1. The van der Waals surface area contributed by atoms with Gasteiger partial charge in [0, 0.05) is 18.3 Å². The second-order valence-electron chi connectivity index (χ2n) is 5.54. The molecule has 20 heavy (non-hydrogen) atoms. The number of anilines is 1. The van der Waals surface area contributed by atoms with Gasteiger partial charge in [-0.3, -0.25) is 0 Å². The molecule has 1 fully saturated rings. The monoisotopic (exact) mass is 322 g/mol. The predicted octanol–water partition coefficient (Wildman–Crippen LogP) is 4.22. The molecule has 116 valence electrons. The second-order valence-corrected chi connectivity index (χ2v) is 5.54. The number of hydrogen-bond acceptors (Lipinski definition) is 2. The standard InChI is InChI=1S/C15H23FN2.2ClH/c1-15(16,12-7-9-13(17)10-8-12)11-18-14-5-3-2-4-6-14;;/h7-10,14,18H,2-6,11,17H2,1H3;2*1H. The number of hydrogen-bond donors (Lipinski definition) is 2. The minimum Gasteiger partial charge on any atom is -0.399 e. The van der Waals surface area contributed by atoms with Gasteiger partial charge >= 0.3 is 0 Å². The maximum atomic E-state index is 14.6. The average Bonchev–Trinajstić information content (AvgIpc) is 2.38. The Morgan fingerprint density at radius 2 is 1.70 bits per heavy atom. The van der Waals surface area contributed by atoms with Gasteiger partial charge < -0.3 is 11.1 Å². The first-order valence-electron chi connectivity index (χ1n) is 6.86. The van der Waals surface area contributed by atoms with Gasteiger partial charge in [0.15, 0.2) is 0 Å². The van der Waals surface area contributed by atoms with E-state index in [9.17, 15) is 4.39 Å². The van der Waals surface area contributed by atoms with Crippen molar-refractivity contribution >= 4 is 30.5 Å². The molecule has 1 aliphatic rings. The molecular weight excluding hydrogens is 298 g/mol. The molecular formula is C15H25Cl2FN2. The van der Waals surface area contributed by atoms with Crippen LogP contribution in [0, 0.1) is 0 Å². The van der Waals surface area contributed by atoms with Gasteiger partial charge in [0.2, 0.25) is 0 Å². The Balaban J connectivity index is 0.00000180. The van der Waals surface area contributed by atoms with E-state index in [4.69, 9.17) is 5.73 Å². The number of nitrogen functional groups attached to an aromatic ring is 1. The molecule has 3 N–H and O–H groups in total. The van der Waals surface area contributed by atoms with Crippen molar-refractivity contribution in [2.75, 3.05) is 12.3 Å². The van der Waals surface area contributed by atoms with Crippen molar-refractivity contribution in [2.45, 2.75) is 50.7 Å². The van der Waals surface area contributed by atoms with Crippen molar-refractivity contribution in [1.29, 1.82) is 0 Å². The highest BCUT2D eigenvalue weighted by Crippen LogP contribution is 2.26. The highest BCUT2D eigenvalue weighted by atomic mass is 35.5. The largest absolute Gasteiger partial charge is 0.399 e. The molecule has 1 aromatic rings. The van der Waals surface area contributed by atoms with Crippen molar-refractivity contribution in [3.05, 3.63) is 29.8 Å². The van der Waals surface area contributed by atoms with Crippen LogP contribution in [0.25, 0.3) is 0 Å². The van der Waals surface area contributed by atoms with Crippen LogP contribution in [-0.2, 0) is 5.67 Å². The summed E-state index contributed by atoms with van der Waals surface area (Å²) in [5, 5.41) is 3.37. The Kier molecular flexibility index (Phi) is 8.48. The Morgan fingerprint density at radius 3 is 2.25 bits per heavy atom. The van der Waals surface area contributed by atoms with E-state index in [0.29, 0.717) is 23.8 Å². The molecule has 0 aromatic heterocycles. The fourth-order valence-electron chi connectivity index (χ4n) is 2.58. The fourth-order valence-corrected chi connectivity index (χ4v) is 2.58. The lowest BCUT2D eigenvalue weighted by atomic mass is 9.93. The van der Waals surface area contributed by atoms with Crippen LogP contribution >= 0.6 is 24.8 Å². The molecule has 0 bridgehead atoms. The van der Waals surface area contributed by atoms with E-state index < -0.39 is 5.67 Å². The van der Waals surface area contributed by atoms with Crippen LogP contribution in [0.5, 0.6) is 0 Å². The minimum atomic E-state index is -1.33. The van der Waals surface area contributed by atoms with Crippen molar-refractivity contribution < 1.29 is 4.39 Å². The molecule has 1 aromatic carbocycles. The number of halogens is 3. The summed E-state index contributed by atoms with van der Waals surface area (Å²) in [4.78, 5) is 0. The van der Waals surface area contributed by atoms with Gasteiger partial charge in [0.1, 0.15) is 5.67 Å². The lowest BCUT2D eigenvalue weighted by Gasteiger charge is -2.28. The van der Waals surface area contributed by atoms with E-state index >= 15 is 0 Å². The number of alkyl halides is 1. The van der Waals surface area contributed by atoms with E-state index in [1.807, 2.05) is 0 Å². The van der Waals surface area contributed by atoms with Crippen LogP contribution in [0.15, 0.2) is 24.3 Å². The molecule has 0 aliphatic heterocycles. The highest BCUT2D eigenvalue weighted by molar-refractivity contribution is 5.85. The van der Waals surface area contributed by atoms with Crippen molar-refractivity contribution in [3.63, 3.8) is 0 Å². The van der Waals surface area contributed by atoms with E-state index in [1.54, 1.807) is 31.2 Å². The maximum Gasteiger partial charge on any atom is 0.145 e. The van der Waals surface area contributed by atoms with Crippen molar-refractivity contribution in [3.8, 4) is 0 Å². The summed E-state index contributed by atoms with van der Waals surface area (Å²) in [5.41, 5.74) is 5.66. The molecule has 0 amide bonds. The Morgan fingerprint density at radius 1 is 1.15 bits per heavy atom. The van der Waals surface area contributed by atoms with E-state index in [0.717, 1.165) is 0 Å². The van der Waals surface area contributed by atoms with E-state index in [1.165, 1.54) is 32.1 Å². The minimum absolute atomic E-state index is 0. The zero-order valence-corrected chi connectivity index (χ0v) is 13.5. The normalized spacial score (nSPS) is 18.5. The summed E-state index contributed by atoms with van der Waals surface area (Å²) in [6, 6.07) is 7.56. The lowest BCUT2D eigenvalue weighted by molar-refractivity contribution is 0.173. The third-order valence-electron chi connectivity index (χ3n) is 3.84. The third kappa shape index (κ3) is 5.47. The Labute approximate surface area is 133 Å². The summed E-state index contributed by atoms with van der Waals surface area (Å²) < 4.78 is 14.6. The van der Waals surface area contributed by atoms with Gasteiger partial charge in [0.25, 0.3) is 0 Å². The third-order valence-corrected chi connectivity index (χ3v) is 3.84. The highest BCUT2D eigenvalue weighted by Gasteiger charge is 2.27. The second kappa shape index (κ2) is 8.71.